The summed E-state index contributed by atoms with van der Waals surface area (Å²) < 4.78 is 0. The number of anilines is 1. The third kappa shape index (κ3) is 2.86. The molecule has 0 spiro atoms. The number of amides is 2. The number of hydrogen-bond acceptors (Lipinski definition) is 4. The number of thioether (sulfide) groups is 1. The molecule has 1 aliphatic heterocycles. The van der Waals surface area contributed by atoms with Crippen molar-refractivity contribution in [1.29, 1.82) is 0 Å². The molecule has 1 saturated heterocycles. The molecule has 4 nitrogen and oxygen atoms in total. The van der Waals surface area contributed by atoms with Gasteiger partial charge in [-0.05, 0) is 59.8 Å². The fourth-order valence-electron chi connectivity index (χ4n) is 2.00. The molecule has 6 heteroatoms. The highest BCUT2D eigenvalue weighted by Gasteiger charge is 2.36. The molecule has 0 aromatic heterocycles. The van der Waals surface area contributed by atoms with Crippen molar-refractivity contribution in [3.8, 4) is 5.75 Å². The van der Waals surface area contributed by atoms with E-state index >= 15 is 0 Å². The number of carbonyl (C=O) groups excluding carboxylic acids is 2. The molecule has 1 aliphatic rings. The monoisotopic (exact) mass is 331 g/mol. The van der Waals surface area contributed by atoms with Crippen LogP contribution in [0.25, 0.3) is 6.08 Å². The Kier molecular flexibility index (Phi) is 3.92. The lowest BCUT2D eigenvalue weighted by Crippen LogP contribution is -2.27. The highest BCUT2D eigenvalue weighted by molar-refractivity contribution is 8.19. The Morgan fingerprint density at radius 3 is 2.27 bits per heavy atom. The molecule has 0 saturated carbocycles. The minimum absolute atomic E-state index is 0.0763. The summed E-state index contributed by atoms with van der Waals surface area (Å²) in [5, 5.41) is 9.53. The average molecular weight is 332 g/mol. The quantitative estimate of drug-likeness (QED) is 0.834. The van der Waals surface area contributed by atoms with Crippen molar-refractivity contribution in [3.05, 3.63) is 64.0 Å². The second kappa shape index (κ2) is 5.87. The molecule has 0 atom stereocenters. The first-order valence-corrected chi connectivity index (χ1v) is 7.56. The lowest BCUT2D eigenvalue weighted by Gasteiger charge is -2.12. The number of halogens is 1. The lowest BCUT2D eigenvalue weighted by atomic mass is 10.2. The first kappa shape index (κ1) is 14.7. The number of nitrogens with zero attached hydrogens (tertiary/aromatic N) is 1. The van der Waals surface area contributed by atoms with Gasteiger partial charge in [-0.2, -0.15) is 0 Å². The van der Waals surface area contributed by atoms with Crippen LogP contribution in [0.1, 0.15) is 5.56 Å². The smallest absolute Gasteiger partial charge is 0.298 e. The van der Waals surface area contributed by atoms with Gasteiger partial charge in [0.15, 0.2) is 0 Å². The molecule has 2 aromatic carbocycles. The number of carbonyl (C=O) groups is 2. The molecule has 3 rings (SSSR count). The number of imide groups is 1. The van der Waals surface area contributed by atoms with Crippen molar-refractivity contribution in [3.63, 3.8) is 0 Å². The van der Waals surface area contributed by atoms with Gasteiger partial charge in [-0.3, -0.25) is 9.59 Å². The SMILES string of the molecule is O=C1S/C(=C\c2ccc(Cl)cc2)C(=O)N1c1ccc(O)cc1. The zero-order valence-electron chi connectivity index (χ0n) is 11.2. The number of benzene rings is 2. The molecule has 1 fully saturated rings. The van der Waals surface area contributed by atoms with Gasteiger partial charge in [0.05, 0.1) is 10.6 Å². The Bertz CT molecular complexity index is 769. The van der Waals surface area contributed by atoms with Crippen molar-refractivity contribution in [1.82, 2.24) is 0 Å². The van der Waals surface area contributed by atoms with Gasteiger partial charge < -0.3 is 5.11 Å². The van der Waals surface area contributed by atoms with Crippen LogP contribution >= 0.6 is 23.4 Å². The number of phenolic OH excluding ortho intramolecular Hbond substituents is 1. The average Bonchev–Trinajstić information content (AvgIpc) is 2.77. The molecule has 0 unspecified atom stereocenters. The second-order valence-electron chi connectivity index (χ2n) is 4.59. The maximum Gasteiger partial charge on any atom is 0.298 e. The molecule has 0 radical (unpaired) electrons. The van der Waals surface area contributed by atoms with E-state index in [-0.39, 0.29) is 16.9 Å². The zero-order valence-corrected chi connectivity index (χ0v) is 12.8. The zero-order chi connectivity index (χ0) is 15.7. The number of phenols is 1. The predicted molar refractivity (Wildman–Crippen MR) is 88.0 cm³/mol. The summed E-state index contributed by atoms with van der Waals surface area (Å²) in [6.45, 7) is 0. The molecule has 0 bridgehead atoms. The van der Waals surface area contributed by atoms with E-state index in [1.54, 1.807) is 30.3 Å². The molecule has 0 aliphatic carbocycles. The van der Waals surface area contributed by atoms with E-state index in [1.165, 1.54) is 24.3 Å². The van der Waals surface area contributed by atoms with Crippen molar-refractivity contribution in [2.45, 2.75) is 0 Å². The largest absolute Gasteiger partial charge is 0.508 e. The predicted octanol–water partition coefficient (Wildman–Crippen LogP) is 4.29. The molecule has 110 valence electrons. The number of aromatic hydroxyl groups is 1. The van der Waals surface area contributed by atoms with Crippen LogP contribution in [0.3, 0.4) is 0 Å². The number of hydrogen-bond donors (Lipinski definition) is 1. The maximum absolute atomic E-state index is 12.4. The summed E-state index contributed by atoms with van der Waals surface area (Å²) in [5.41, 5.74) is 1.22. The van der Waals surface area contributed by atoms with Gasteiger partial charge in [0.2, 0.25) is 0 Å². The maximum atomic E-state index is 12.4. The van der Waals surface area contributed by atoms with Crippen LogP contribution in [0.2, 0.25) is 5.02 Å². The van der Waals surface area contributed by atoms with Crippen LogP contribution in [0.4, 0.5) is 10.5 Å². The van der Waals surface area contributed by atoms with Crippen molar-refractivity contribution in [2.24, 2.45) is 0 Å². The van der Waals surface area contributed by atoms with Crippen LogP contribution in [-0.2, 0) is 4.79 Å². The van der Waals surface area contributed by atoms with E-state index in [0.29, 0.717) is 15.6 Å². The van der Waals surface area contributed by atoms with E-state index in [9.17, 15) is 14.7 Å². The normalized spacial score (nSPS) is 16.6. The molecule has 2 amide bonds. The van der Waals surface area contributed by atoms with E-state index in [0.717, 1.165) is 22.2 Å². The minimum Gasteiger partial charge on any atom is -0.508 e. The fraction of sp³-hybridized carbons (Fsp3) is 0. The van der Waals surface area contributed by atoms with Crippen LogP contribution in [0.5, 0.6) is 5.75 Å². The molecule has 2 aromatic rings. The first-order chi connectivity index (χ1) is 10.5. The Balaban J connectivity index is 1.91. The second-order valence-corrected chi connectivity index (χ2v) is 6.01. The Morgan fingerprint density at radius 1 is 1.00 bits per heavy atom. The van der Waals surface area contributed by atoms with E-state index < -0.39 is 0 Å². The summed E-state index contributed by atoms with van der Waals surface area (Å²) >= 11 is 6.70. The van der Waals surface area contributed by atoms with Gasteiger partial charge in [-0.15, -0.1) is 0 Å². The highest BCUT2D eigenvalue weighted by Crippen LogP contribution is 2.36. The van der Waals surface area contributed by atoms with Gasteiger partial charge in [0.1, 0.15) is 5.75 Å². The molecular formula is C16H10ClNO3S. The Morgan fingerprint density at radius 2 is 1.64 bits per heavy atom. The fourth-order valence-corrected chi connectivity index (χ4v) is 2.97. The van der Waals surface area contributed by atoms with Crippen molar-refractivity contribution >= 4 is 46.3 Å². The summed E-state index contributed by atoms with van der Waals surface area (Å²) in [5.74, 6) is -0.303. The Labute approximate surface area is 136 Å². The summed E-state index contributed by atoms with van der Waals surface area (Å²) in [4.78, 5) is 25.9. The van der Waals surface area contributed by atoms with E-state index in [4.69, 9.17) is 11.6 Å². The molecule has 1 N–H and O–H groups in total. The summed E-state index contributed by atoms with van der Waals surface area (Å²) in [6.07, 6.45) is 1.65. The van der Waals surface area contributed by atoms with Crippen LogP contribution in [0.15, 0.2) is 53.4 Å². The van der Waals surface area contributed by atoms with E-state index in [1.807, 2.05) is 0 Å². The molecule has 22 heavy (non-hydrogen) atoms. The standard InChI is InChI=1S/C16H10ClNO3S/c17-11-3-1-10(2-4-11)9-14-15(20)18(16(21)22-14)12-5-7-13(19)8-6-12/h1-9,19H/b14-9-. The van der Waals surface area contributed by atoms with Gasteiger partial charge >= 0.3 is 0 Å². The molecule has 1 heterocycles. The Hall–Kier alpha value is -2.24. The third-order valence-electron chi connectivity index (χ3n) is 3.07. The topological polar surface area (TPSA) is 57.6 Å². The third-order valence-corrected chi connectivity index (χ3v) is 4.19. The van der Waals surface area contributed by atoms with Crippen LogP contribution in [-0.4, -0.2) is 16.3 Å². The first-order valence-electron chi connectivity index (χ1n) is 6.37. The lowest BCUT2D eigenvalue weighted by molar-refractivity contribution is -0.113. The van der Waals surface area contributed by atoms with Gasteiger partial charge in [0.25, 0.3) is 11.1 Å². The minimum atomic E-state index is -0.379. The van der Waals surface area contributed by atoms with Crippen molar-refractivity contribution < 1.29 is 14.7 Å². The van der Waals surface area contributed by atoms with Crippen LogP contribution in [0, 0.1) is 0 Å². The van der Waals surface area contributed by atoms with Crippen molar-refractivity contribution in [2.75, 3.05) is 4.90 Å². The highest BCUT2D eigenvalue weighted by atomic mass is 35.5. The number of rotatable bonds is 2. The van der Waals surface area contributed by atoms with Gasteiger partial charge in [-0.25, -0.2) is 4.90 Å². The van der Waals surface area contributed by atoms with Gasteiger partial charge in [-0.1, -0.05) is 23.7 Å². The summed E-state index contributed by atoms with van der Waals surface area (Å²) in [6, 6.07) is 12.9. The van der Waals surface area contributed by atoms with E-state index in [2.05, 4.69) is 0 Å². The van der Waals surface area contributed by atoms with Crippen LogP contribution < -0.4 is 4.90 Å². The van der Waals surface area contributed by atoms with Gasteiger partial charge in [0, 0.05) is 5.02 Å². The summed E-state index contributed by atoms with van der Waals surface area (Å²) in [7, 11) is 0. The molecular weight excluding hydrogens is 322 g/mol.